The Morgan fingerprint density at radius 3 is 2.87 bits per heavy atom. The van der Waals surface area contributed by atoms with Gasteiger partial charge in [-0.05, 0) is 0 Å². The maximum atomic E-state index is 11.5. The number of rotatable bonds is 3. The van der Waals surface area contributed by atoms with Gasteiger partial charge in [-0.1, -0.05) is 0 Å². The van der Waals surface area contributed by atoms with Crippen LogP contribution in [0.5, 0.6) is 0 Å². The number of morpholine rings is 1. The smallest absolute Gasteiger partial charge is 0.238 e. The average Bonchev–Trinajstić information content (AvgIpc) is 2.17. The molecule has 84 valence electrons. The lowest BCUT2D eigenvalue weighted by molar-refractivity contribution is -0.125. The maximum Gasteiger partial charge on any atom is 0.238 e. The summed E-state index contributed by atoms with van der Waals surface area (Å²) in [6.07, 6.45) is 0. The summed E-state index contributed by atoms with van der Waals surface area (Å²) in [5.41, 5.74) is 5.04. The highest BCUT2D eigenvalue weighted by Gasteiger charge is 2.35. The number of amides is 1. The second-order valence-corrected chi connectivity index (χ2v) is 4.94. The second-order valence-electron chi connectivity index (χ2n) is 3.02. The Labute approximate surface area is 87.5 Å². The fourth-order valence-electron chi connectivity index (χ4n) is 1.31. The maximum absolute atomic E-state index is 11.5. The van der Waals surface area contributed by atoms with E-state index in [1.54, 1.807) is 6.07 Å². The van der Waals surface area contributed by atoms with Gasteiger partial charge in [-0.3, -0.25) is 4.79 Å². The molecule has 1 rings (SSSR count). The number of hydrogen-bond donors (Lipinski definition) is 1. The highest BCUT2D eigenvalue weighted by molar-refractivity contribution is 7.89. The molecule has 0 aromatic carbocycles. The molecule has 1 aliphatic heterocycles. The fraction of sp³-hybridized carbons (Fsp3) is 0.714. The van der Waals surface area contributed by atoms with E-state index in [2.05, 4.69) is 0 Å². The topological polar surface area (TPSA) is 113 Å². The third-order valence-electron chi connectivity index (χ3n) is 2.01. The highest BCUT2D eigenvalue weighted by Crippen LogP contribution is 2.12. The van der Waals surface area contributed by atoms with Crippen LogP contribution < -0.4 is 5.73 Å². The number of primary amides is 1. The van der Waals surface area contributed by atoms with Crippen LogP contribution >= 0.6 is 0 Å². The lowest BCUT2D eigenvalue weighted by Gasteiger charge is -2.31. The molecule has 1 heterocycles. The van der Waals surface area contributed by atoms with Gasteiger partial charge in [0.2, 0.25) is 15.9 Å². The van der Waals surface area contributed by atoms with Crippen LogP contribution in [-0.4, -0.2) is 50.2 Å². The van der Waals surface area contributed by atoms with E-state index in [0.717, 1.165) is 4.31 Å². The molecule has 0 bridgehead atoms. The number of hydrogen-bond acceptors (Lipinski definition) is 5. The summed E-state index contributed by atoms with van der Waals surface area (Å²) in [5.74, 6) is -1.42. The van der Waals surface area contributed by atoms with E-state index in [1.165, 1.54) is 0 Å². The van der Waals surface area contributed by atoms with Crippen molar-refractivity contribution in [2.75, 3.05) is 25.5 Å². The van der Waals surface area contributed by atoms with Gasteiger partial charge < -0.3 is 10.5 Å². The summed E-state index contributed by atoms with van der Waals surface area (Å²) >= 11 is 0. The summed E-state index contributed by atoms with van der Waals surface area (Å²) in [6.45, 7) is 0.200. The molecule has 0 aliphatic carbocycles. The molecule has 1 unspecified atom stereocenters. The minimum absolute atomic E-state index is 0.0532. The predicted molar refractivity (Wildman–Crippen MR) is 49.9 cm³/mol. The second kappa shape index (κ2) is 4.57. The van der Waals surface area contributed by atoms with Crippen molar-refractivity contribution >= 4 is 15.9 Å². The van der Waals surface area contributed by atoms with Gasteiger partial charge in [0.05, 0.1) is 19.3 Å². The van der Waals surface area contributed by atoms with Crippen LogP contribution in [0.2, 0.25) is 0 Å². The van der Waals surface area contributed by atoms with Crippen LogP contribution in [0.4, 0.5) is 0 Å². The van der Waals surface area contributed by atoms with Gasteiger partial charge in [0.15, 0.2) is 5.75 Å². The van der Waals surface area contributed by atoms with Gasteiger partial charge in [0, 0.05) is 6.54 Å². The first kappa shape index (κ1) is 11.9. The van der Waals surface area contributed by atoms with Crippen molar-refractivity contribution in [2.24, 2.45) is 5.73 Å². The van der Waals surface area contributed by atoms with Crippen molar-refractivity contribution in [3.05, 3.63) is 0 Å². The first-order chi connectivity index (χ1) is 6.99. The van der Waals surface area contributed by atoms with Gasteiger partial charge in [-0.25, -0.2) is 8.42 Å². The highest BCUT2D eigenvalue weighted by atomic mass is 32.2. The van der Waals surface area contributed by atoms with Crippen molar-refractivity contribution in [2.45, 2.75) is 6.04 Å². The van der Waals surface area contributed by atoms with Crippen LogP contribution in [0.25, 0.3) is 0 Å². The van der Waals surface area contributed by atoms with E-state index >= 15 is 0 Å². The standard InChI is InChI=1S/C7H11N3O4S/c8-1-4-15(12,13)10-2-3-14-5-6(10)7(9)11/h6H,2-5H2,(H2,9,11). The van der Waals surface area contributed by atoms with E-state index in [4.69, 9.17) is 15.7 Å². The lowest BCUT2D eigenvalue weighted by Crippen LogP contribution is -2.55. The molecule has 0 spiro atoms. The van der Waals surface area contributed by atoms with Crippen molar-refractivity contribution in [1.82, 2.24) is 4.31 Å². The zero-order valence-electron chi connectivity index (χ0n) is 7.92. The number of nitrogens with two attached hydrogens (primary N) is 1. The third-order valence-corrected chi connectivity index (χ3v) is 3.66. The Kier molecular flexibility index (Phi) is 3.62. The summed E-state index contributed by atoms with van der Waals surface area (Å²) in [7, 11) is -3.74. The van der Waals surface area contributed by atoms with Crippen molar-refractivity contribution in [3.63, 3.8) is 0 Å². The van der Waals surface area contributed by atoms with Crippen LogP contribution in [0.1, 0.15) is 0 Å². The van der Waals surface area contributed by atoms with Crippen molar-refractivity contribution in [3.8, 4) is 6.07 Å². The van der Waals surface area contributed by atoms with Crippen molar-refractivity contribution in [1.29, 1.82) is 5.26 Å². The molecule has 0 aromatic heterocycles. The fourth-order valence-corrected chi connectivity index (χ4v) is 2.54. The Morgan fingerprint density at radius 1 is 1.67 bits per heavy atom. The Balaban J connectivity index is 2.91. The van der Waals surface area contributed by atoms with E-state index in [1.807, 2.05) is 0 Å². The summed E-state index contributed by atoms with van der Waals surface area (Å²) in [4.78, 5) is 11.0. The molecule has 1 aliphatic rings. The quantitative estimate of drug-likeness (QED) is 0.607. The van der Waals surface area contributed by atoms with Crippen LogP contribution in [0.15, 0.2) is 0 Å². The Bertz CT molecular complexity index is 386. The number of ether oxygens (including phenoxy) is 1. The number of carbonyl (C=O) groups excluding carboxylic acids is 1. The van der Waals surface area contributed by atoms with Crippen LogP contribution in [0, 0.1) is 11.3 Å². The molecular formula is C7H11N3O4S. The number of nitriles is 1. The van der Waals surface area contributed by atoms with Crippen LogP contribution in [0.3, 0.4) is 0 Å². The van der Waals surface area contributed by atoms with Crippen molar-refractivity contribution < 1.29 is 17.9 Å². The molecule has 0 saturated carbocycles. The summed E-state index contributed by atoms with van der Waals surface area (Å²) in [5, 5.41) is 8.35. The van der Waals surface area contributed by atoms with Gasteiger partial charge >= 0.3 is 0 Å². The molecule has 1 atom stereocenters. The first-order valence-corrected chi connectivity index (χ1v) is 5.83. The van der Waals surface area contributed by atoms with E-state index in [-0.39, 0.29) is 19.8 Å². The zero-order valence-corrected chi connectivity index (χ0v) is 8.74. The minimum atomic E-state index is -3.74. The molecule has 1 fully saturated rings. The number of nitrogens with zero attached hydrogens (tertiary/aromatic N) is 2. The summed E-state index contributed by atoms with van der Waals surface area (Å²) in [6, 6.07) is 0.540. The Hall–Kier alpha value is -1.17. The minimum Gasteiger partial charge on any atom is -0.378 e. The number of sulfonamides is 1. The third kappa shape index (κ3) is 2.65. The largest absolute Gasteiger partial charge is 0.378 e. The first-order valence-electron chi connectivity index (χ1n) is 4.22. The monoisotopic (exact) mass is 233 g/mol. The van der Waals surface area contributed by atoms with Crippen LogP contribution in [-0.2, 0) is 19.6 Å². The predicted octanol–water partition coefficient (Wildman–Crippen LogP) is -1.97. The lowest BCUT2D eigenvalue weighted by atomic mass is 10.3. The molecule has 0 radical (unpaired) electrons. The Morgan fingerprint density at radius 2 is 2.33 bits per heavy atom. The SMILES string of the molecule is N#CCS(=O)(=O)N1CCOCC1C(N)=O. The molecule has 1 amide bonds. The molecule has 8 heteroatoms. The average molecular weight is 233 g/mol. The molecule has 7 nitrogen and oxygen atoms in total. The molecular weight excluding hydrogens is 222 g/mol. The zero-order chi connectivity index (χ0) is 11.5. The molecule has 15 heavy (non-hydrogen) atoms. The normalized spacial score (nSPS) is 23.3. The van der Waals surface area contributed by atoms with E-state index < -0.39 is 27.7 Å². The van der Waals surface area contributed by atoms with E-state index in [0.29, 0.717) is 0 Å². The molecule has 2 N–H and O–H groups in total. The van der Waals surface area contributed by atoms with E-state index in [9.17, 15) is 13.2 Å². The summed E-state index contributed by atoms with van der Waals surface area (Å²) < 4.78 is 29.0. The van der Waals surface area contributed by atoms with Gasteiger partial charge in [-0.2, -0.15) is 9.57 Å². The number of carbonyl (C=O) groups is 1. The molecule has 0 aromatic rings. The molecule has 1 saturated heterocycles. The van der Waals surface area contributed by atoms with Gasteiger partial charge in [0.1, 0.15) is 6.04 Å². The van der Waals surface area contributed by atoms with Gasteiger partial charge in [-0.15, -0.1) is 0 Å². The van der Waals surface area contributed by atoms with Gasteiger partial charge in [0.25, 0.3) is 0 Å².